The lowest BCUT2D eigenvalue weighted by molar-refractivity contribution is 1.27. The summed E-state index contributed by atoms with van der Waals surface area (Å²) in [5.74, 6) is 0. The van der Waals surface area contributed by atoms with Gasteiger partial charge in [-0.3, -0.25) is 9.38 Å². The normalized spacial score (nSPS) is 12.5. The van der Waals surface area contributed by atoms with Gasteiger partial charge in [-0.15, -0.1) is 22.7 Å². The Labute approximate surface area is 183 Å². The van der Waals surface area contributed by atoms with Crippen LogP contribution in [0, 0.1) is 0 Å². The lowest BCUT2D eigenvalue weighted by Gasteiger charge is -2.10. The lowest BCUT2D eigenvalue weighted by Crippen LogP contribution is -1.93. The first-order valence-electron chi connectivity index (χ1n) is 10.2. The minimum absolute atomic E-state index is 0.919. The molecule has 0 aliphatic carbocycles. The van der Waals surface area contributed by atoms with Crippen molar-refractivity contribution in [1.82, 2.24) is 14.4 Å². The lowest BCUT2D eigenvalue weighted by atomic mass is 10.0. The third kappa shape index (κ3) is 1.89. The summed E-state index contributed by atoms with van der Waals surface area (Å²) in [7, 11) is 0. The molecule has 31 heavy (non-hydrogen) atoms. The van der Waals surface area contributed by atoms with Gasteiger partial charge in [0.2, 0.25) is 0 Å². The highest BCUT2D eigenvalue weighted by Crippen LogP contribution is 2.50. The van der Waals surface area contributed by atoms with Gasteiger partial charge in [-0.2, -0.15) is 0 Å². The fourth-order valence-electron chi connectivity index (χ4n) is 5.08. The van der Waals surface area contributed by atoms with E-state index in [0.717, 1.165) is 11.2 Å². The number of hydrogen-bond acceptors (Lipinski definition) is 4. The Kier molecular flexibility index (Phi) is 2.91. The van der Waals surface area contributed by atoms with Crippen molar-refractivity contribution < 1.29 is 0 Å². The standard InChI is InChI=1S/C26H13N3S2/c1-3-9-17-14(6-1)19-20-15-7-2-4-10-18(15)31-25(20)23-21(24(19)30-17)16-8-5-11-27-22(16)26-28-12-13-29(23)26/h1-13H. The average molecular weight is 432 g/mol. The summed E-state index contributed by atoms with van der Waals surface area (Å²) in [4.78, 5) is 9.43. The molecule has 0 fully saturated rings. The molecule has 0 unspecified atom stereocenters. The largest absolute Gasteiger partial charge is 0.296 e. The van der Waals surface area contributed by atoms with Gasteiger partial charge in [0.1, 0.15) is 5.52 Å². The van der Waals surface area contributed by atoms with E-state index in [0.29, 0.717) is 0 Å². The van der Waals surface area contributed by atoms with E-state index in [2.05, 4.69) is 70.2 Å². The molecule has 5 aromatic heterocycles. The number of nitrogens with zero attached hydrogens (tertiary/aromatic N) is 3. The van der Waals surface area contributed by atoms with Crippen molar-refractivity contribution in [3.8, 4) is 0 Å². The van der Waals surface area contributed by atoms with Crippen LogP contribution in [0.3, 0.4) is 0 Å². The highest BCUT2D eigenvalue weighted by Gasteiger charge is 2.22. The van der Waals surface area contributed by atoms with Crippen LogP contribution in [-0.2, 0) is 0 Å². The fourth-order valence-corrected chi connectivity index (χ4v) is 7.60. The van der Waals surface area contributed by atoms with Crippen LogP contribution < -0.4 is 0 Å². The quantitative estimate of drug-likeness (QED) is 0.230. The predicted octanol–water partition coefficient (Wildman–Crippen LogP) is 7.77. The molecular formula is C26H13N3S2. The van der Waals surface area contributed by atoms with E-state index in [1.54, 1.807) is 0 Å². The van der Waals surface area contributed by atoms with Crippen LogP contribution >= 0.6 is 22.7 Å². The van der Waals surface area contributed by atoms with Crippen molar-refractivity contribution in [3.63, 3.8) is 0 Å². The summed E-state index contributed by atoms with van der Waals surface area (Å²) < 4.78 is 7.54. The minimum Gasteiger partial charge on any atom is -0.296 e. The summed E-state index contributed by atoms with van der Waals surface area (Å²) in [6, 6.07) is 21.8. The minimum atomic E-state index is 0.919. The number of pyridine rings is 2. The summed E-state index contributed by atoms with van der Waals surface area (Å²) in [5, 5.41) is 7.85. The molecule has 0 saturated heterocycles. The van der Waals surface area contributed by atoms with Crippen molar-refractivity contribution >= 4 is 90.5 Å². The van der Waals surface area contributed by atoms with Gasteiger partial charge in [-0.1, -0.05) is 42.5 Å². The van der Waals surface area contributed by atoms with Crippen LogP contribution in [0.4, 0.5) is 0 Å². The SMILES string of the molecule is c1ccc2c(c1)sc1c2c2c3ccccc3sc2c2c1c1cccnc1c1nccn12. The predicted molar refractivity (Wildman–Crippen MR) is 134 cm³/mol. The highest BCUT2D eigenvalue weighted by atomic mass is 32.1. The van der Waals surface area contributed by atoms with E-state index < -0.39 is 0 Å². The first kappa shape index (κ1) is 16.2. The highest BCUT2D eigenvalue weighted by molar-refractivity contribution is 7.29. The first-order chi connectivity index (χ1) is 15.4. The molecule has 0 saturated carbocycles. The van der Waals surface area contributed by atoms with Gasteiger partial charge in [-0.05, 0) is 18.2 Å². The number of aromatic nitrogens is 3. The third-order valence-electron chi connectivity index (χ3n) is 6.29. The molecule has 0 atom stereocenters. The zero-order valence-corrected chi connectivity index (χ0v) is 17.8. The molecule has 0 aliphatic rings. The molecule has 5 heterocycles. The number of benzene rings is 3. The molecule has 5 heteroatoms. The van der Waals surface area contributed by atoms with Gasteiger partial charge < -0.3 is 0 Å². The summed E-state index contributed by atoms with van der Waals surface area (Å²) in [6.45, 7) is 0. The second-order valence-corrected chi connectivity index (χ2v) is 9.95. The summed E-state index contributed by atoms with van der Waals surface area (Å²) >= 11 is 3.77. The van der Waals surface area contributed by atoms with E-state index >= 15 is 0 Å². The van der Waals surface area contributed by atoms with E-state index in [1.165, 1.54) is 56.6 Å². The van der Waals surface area contributed by atoms with Gasteiger partial charge in [-0.25, -0.2) is 4.98 Å². The maximum atomic E-state index is 4.74. The Morgan fingerprint density at radius 3 is 2.10 bits per heavy atom. The number of imidazole rings is 1. The molecule has 0 bridgehead atoms. The van der Waals surface area contributed by atoms with E-state index in [4.69, 9.17) is 4.98 Å². The number of fused-ring (bicyclic) bond motifs is 15. The van der Waals surface area contributed by atoms with Crippen molar-refractivity contribution in [3.05, 3.63) is 79.3 Å². The van der Waals surface area contributed by atoms with Gasteiger partial charge in [0, 0.05) is 65.0 Å². The number of thiophene rings is 2. The topological polar surface area (TPSA) is 30.2 Å². The van der Waals surface area contributed by atoms with Gasteiger partial charge in [0.25, 0.3) is 0 Å². The smallest absolute Gasteiger partial charge is 0.163 e. The molecule has 0 radical (unpaired) electrons. The third-order valence-corrected chi connectivity index (χ3v) is 8.66. The van der Waals surface area contributed by atoms with E-state index in [-0.39, 0.29) is 0 Å². The van der Waals surface area contributed by atoms with Crippen molar-refractivity contribution in [1.29, 1.82) is 0 Å². The van der Waals surface area contributed by atoms with Crippen LogP contribution in [0.25, 0.3) is 67.8 Å². The van der Waals surface area contributed by atoms with Crippen molar-refractivity contribution in [2.24, 2.45) is 0 Å². The fraction of sp³-hybridized carbons (Fsp3) is 0. The van der Waals surface area contributed by atoms with E-state index in [1.807, 2.05) is 41.1 Å². The Bertz CT molecular complexity index is 2010. The molecule has 0 N–H and O–H groups in total. The average Bonchev–Trinajstić information content (AvgIpc) is 3.53. The first-order valence-corrected chi connectivity index (χ1v) is 11.8. The molecule has 0 spiro atoms. The molecule has 3 nitrogen and oxygen atoms in total. The summed E-state index contributed by atoms with van der Waals surface area (Å²) in [5.41, 5.74) is 3.12. The molecule has 8 aromatic rings. The molecule has 0 amide bonds. The maximum absolute atomic E-state index is 4.74. The second-order valence-electron chi connectivity index (χ2n) is 7.85. The van der Waals surface area contributed by atoms with E-state index in [9.17, 15) is 0 Å². The zero-order valence-electron chi connectivity index (χ0n) is 16.2. The number of hydrogen-bond donors (Lipinski definition) is 0. The second kappa shape index (κ2) is 5.58. The number of rotatable bonds is 0. The zero-order chi connectivity index (χ0) is 20.1. The Morgan fingerprint density at radius 2 is 1.29 bits per heavy atom. The Balaban J connectivity index is 1.88. The van der Waals surface area contributed by atoms with Crippen LogP contribution in [-0.4, -0.2) is 14.4 Å². The van der Waals surface area contributed by atoms with Gasteiger partial charge in [0.15, 0.2) is 5.65 Å². The maximum Gasteiger partial charge on any atom is 0.163 e. The van der Waals surface area contributed by atoms with Crippen LogP contribution in [0.5, 0.6) is 0 Å². The Hall–Kier alpha value is -3.54. The van der Waals surface area contributed by atoms with Crippen LogP contribution in [0.1, 0.15) is 0 Å². The monoisotopic (exact) mass is 431 g/mol. The Morgan fingerprint density at radius 1 is 0.613 bits per heavy atom. The van der Waals surface area contributed by atoms with Gasteiger partial charge >= 0.3 is 0 Å². The van der Waals surface area contributed by atoms with Crippen molar-refractivity contribution in [2.45, 2.75) is 0 Å². The molecule has 8 rings (SSSR count). The van der Waals surface area contributed by atoms with Crippen molar-refractivity contribution in [2.75, 3.05) is 0 Å². The molecule has 144 valence electrons. The molecular weight excluding hydrogens is 418 g/mol. The van der Waals surface area contributed by atoms with Crippen LogP contribution in [0.15, 0.2) is 79.3 Å². The molecule has 3 aromatic carbocycles. The van der Waals surface area contributed by atoms with Gasteiger partial charge in [0.05, 0.1) is 10.2 Å². The van der Waals surface area contributed by atoms with Crippen LogP contribution in [0.2, 0.25) is 0 Å². The molecule has 0 aliphatic heterocycles. The summed E-state index contributed by atoms with van der Waals surface area (Å²) in [6.07, 6.45) is 5.83.